The van der Waals surface area contributed by atoms with Gasteiger partial charge in [-0.05, 0) is 49.2 Å². The Bertz CT molecular complexity index is 1500. The summed E-state index contributed by atoms with van der Waals surface area (Å²) < 4.78 is 5.79. The average molecular weight is 522 g/mol. The van der Waals surface area contributed by atoms with Gasteiger partial charge in [0.25, 0.3) is 5.91 Å². The molecule has 4 aromatic rings. The summed E-state index contributed by atoms with van der Waals surface area (Å²) in [6.45, 7) is 3.10. The van der Waals surface area contributed by atoms with Gasteiger partial charge in [0.1, 0.15) is 23.8 Å². The van der Waals surface area contributed by atoms with E-state index < -0.39 is 5.97 Å². The lowest BCUT2D eigenvalue weighted by Gasteiger charge is -2.18. The zero-order valence-corrected chi connectivity index (χ0v) is 21.3. The number of hydrogen-bond acceptors (Lipinski definition) is 5. The first-order valence-corrected chi connectivity index (χ1v) is 12.5. The molecule has 0 aliphatic carbocycles. The summed E-state index contributed by atoms with van der Waals surface area (Å²) in [5.41, 5.74) is 2.87. The lowest BCUT2D eigenvalue weighted by Crippen LogP contribution is -2.31. The molecule has 0 saturated carbocycles. The number of alkyl halides is 1. The first kappa shape index (κ1) is 24.9. The smallest absolute Gasteiger partial charge is 0.317 e. The van der Waals surface area contributed by atoms with Crippen LogP contribution in [0.15, 0.2) is 54.6 Å². The summed E-state index contributed by atoms with van der Waals surface area (Å²) in [6.07, 6.45) is 0. The molecular formula is C28H28ClN3O5. The molecule has 3 aromatic carbocycles. The number of amides is 1. The van der Waals surface area contributed by atoms with Crippen molar-refractivity contribution in [3.63, 3.8) is 0 Å². The average Bonchev–Trinajstić information content (AvgIpc) is 3.45. The van der Waals surface area contributed by atoms with Crippen molar-refractivity contribution in [2.75, 3.05) is 38.2 Å². The Hall–Kier alpha value is -3.75. The molecule has 2 atom stereocenters. The van der Waals surface area contributed by atoms with E-state index in [1.165, 1.54) is 0 Å². The lowest BCUT2D eigenvalue weighted by atomic mass is 9.92. The number of carboxylic acid groups (broad SMARTS) is 1. The zero-order chi connectivity index (χ0) is 26.3. The number of nitrogens with one attached hydrogen (secondary N) is 1. The number of halogens is 1. The highest BCUT2D eigenvalue weighted by Gasteiger charge is 2.37. The van der Waals surface area contributed by atoms with E-state index in [2.05, 4.69) is 4.98 Å². The topological polar surface area (TPSA) is 106 Å². The quantitative estimate of drug-likeness (QED) is 0.288. The molecule has 0 bridgehead atoms. The monoisotopic (exact) mass is 521 g/mol. The van der Waals surface area contributed by atoms with Gasteiger partial charge in [0.2, 0.25) is 0 Å². The van der Waals surface area contributed by atoms with Crippen LogP contribution in [0.2, 0.25) is 0 Å². The van der Waals surface area contributed by atoms with Gasteiger partial charge in [-0.3, -0.25) is 14.5 Å². The number of benzene rings is 3. The van der Waals surface area contributed by atoms with Crippen molar-refractivity contribution >= 4 is 50.8 Å². The molecule has 37 heavy (non-hydrogen) atoms. The van der Waals surface area contributed by atoms with E-state index in [1.807, 2.05) is 49.4 Å². The number of phenolic OH excluding ortho intramolecular Hbond substituents is 1. The van der Waals surface area contributed by atoms with Gasteiger partial charge in [0, 0.05) is 46.7 Å². The second kappa shape index (κ2) is 9.95. The Morgan fingerprint density at radius 1 is 1.19 bits per heavy atom. The van der Waals surface area contributed by atoms with Crippen molar-refractivity contribution in [1.82, 2.24) is 9.88 Å². The Morgan fingerprint density at radius 3 is 2.68 bits per heavy atom. The van der Waals surface area contributed by atoms with Gasteiger partial charge >= 0.3 is 5.97 Å². The largest absolute Gasteiger partial charge is 0.507 e. The second-order valence-corrected chi connectivity index (χ2v) is 10.2. The maximum Gasteiger partial charge on any atom is 0.317 e. The van der Waals surface area contributed by atoms with Crippen LogP contribution in [0.1, 0.15) is 28.9 Å². The van der Waals surface area contributed by atoms with Crippen molar-refractivity contribution in [3.8, 4) is 11.5 Å². The number of likely N-dealkylation sites (N-methyl/N-ethyl adjacent to an activating group) is 1. The maximum atomic E-state index is 13.7. The zero-order valence-electron chi connectivity index (χ0n) is 20.6. The fourth-order valence-corrected chi connectivity index (χ4v) is 5.23. The van der Waals surface area contributed by atoms with Crippen molar-refractivity contribution in [3.05, 3.63) is 65.9 Å². The molecule has 8 nitrogen and oxygen atoms in total. The highest BCUT2D eigenvalue weighted by Crippen LogP contribution is 2.47. The molecule has 2 heterocycles. The van der Waals surface area contributed by atoms with Crippen LogP contribution in [0.4, 0.5) is 5.69 Å². The number of ether oxygens (including phenoxy) is 1. The number of carbonyl (C=O) groups excluding carboxylic acids is 1. The summed E-state index contributed by atoms with van der Waals surface area (Å²) in [5.74, 6) is -0.403. The molecule has 0 saturated heterocycles. The Balaban J connectivity index is 1.40. The fourth-order valence-electron chi connectivity index (χ4n) is 5.02. The van der Waals surface area contributed by atoms with Crippen LogP contribution in [0, 0.1) is 0 Å². The third kappa shape index (κ3) is 4.82. The Kier molecular flexibility index (Phi) is 6.70. The molecule has 5 rings (SSSR count). The number of aromatic nitrogens is 1. The molecule has 192 valence electrons. The molecule has 1 aliphatic heterocycles. The van der Waals surface area contributed by atoms with Gasteiger partial charge < -0.3 is 24.8 Å². The van der Waals surface area contributed by atoms with E-state index >= 15 is 0 Å². The minimum atomic E-state index is -0.885. The standard InChI is InChI=1S/C28H28ClN3O5/c1-16(29)21-14-32(24-13-25(33)19-5-3-4-6-20(19)27(21)24)28(36)23-12-17-11-18(7-8-22(17)30-23)37-10-9-31(2)15-26(34)35/h3-8,11-13,16,21,30,33H,9-10,14-15H2,1-2H3,(H,34,35)/t16-,21+/m1/s1. The highest BCUT2D eigenvalue weighted by atomic mass is 35.5. The van der Waals surface area contributed by atoms with Crippen LogP contribution in [-0.4, -0.2) is 70.6 Å². The molecule has 0 fully saturated rings. The third-order valence-corrected chi connectivity index (χ3v) is 7.16. The number of anilines is 1. The van der Waals surface area contributed by atoms with Crippen LogP contribution in [0.25, 0.3) is 21.7 Å². The number of nitrogens with zero attached hydrogens (tertiary/aromatic N) is 2. The summed E-state index contributed by atoms with van der Waals surface area (Å²) in [4.78, 5) is 31.1. The molecule has 3 N–H and O–H groups in total. The van der Waals surface area contributed by atoms with E-state index in [1.54, 1.807) is 29.0 Å². The van der Waals surface area contributed by atoms with E-state index in [0.29, 0.717) is 36.8 Å². The van der Waals surface area contributed by atoms with E-state index in [9.17, 15) is 14.7 Å². The molecule has 0 radical (unpaired) electrons. The third-order valence-electron chi connectivity index (χ3n) is 6.85. The number of phenols is 1. The first-order valence-electron chi connectivity index (χ1n) is 12.1. The number of hydrogen-bond donors (Lipinski definition) is 3. The predicted molar refractivity (Wildman–Crippen MR) is 144 cm³/mol. The van der Waals surface area contributed by atoms with Crippen molar-refractivity contribution in [1.29, 1.82) is 0 Å². The fraction of sp³-hybridized carbons (Fsp3) is 0.286. The number of aromatic amines is 1. The van der Waals surface area contributed by atoms with Gasteiger partial charge in [0.05, 0.1) is 12.2 Å². The molecule has 1 aliphatic rings. The van der Waals surface area contributed by atoms with Gasteiger partial charge in [-0.25, -0.2) is 0 Å². The molecule has 9 heteroatoms. The number of aromatic hydroxyl groups is 1. The number of aliphatic carboxylic acids is 1. The minimum absolute atomic E-state index is 0.0533. The predicted octanol–water partition coefficient (Wildman–Crippen LogP) is 4.79. The van der Waals surface area contributed by atoms with Crippen LogP contribution in [-0.2, 0) is 4.79 Å². The number of fused-ring (bicyclic) bond motifs is 4. The SMILES string of the molecule is C[C@@H](Cl)[C@@H]1CN(C(=O)c2cc3cc(OCCN(C)CC(=O)O)ccc3[nH]2)c2cc(O)c3ccccc3c21. The Morgan fingerprint density at radius 2 is 1.95 bits per heavy atom. The van der Waals surface area contributed by atoms with E-state index in [0.717, 1.165) is 27.2 Å². The van der Waals surface area contributed by atoms with Crippen LogP contribution in [0.5, 0.6) is 11.5 Å². The second-order valence-electron chi connectivity index (χ2n) is 9.49. The van der Waals surface area contributed by atoms with Crippen molar-refractivity contribution in [2.24, 2.45) is 0 Å². The first-order chi connectivity index (χ1) is 17.7. The summed E-state index contributed by atoms with van der Waals surface area (Å²) in [7, 11) is 1.72. The van der Waals surface area contributed by atoms with Gasteiger partial charge in [-0.1, -0.05) is 24.3 Å². The molecular weight excluding hydrogens is 494 g/mol. The number of rotatable bonds is 8. The van der Waals surface area contributed by atoms with Crippen LogP contribution >= 0.6 is 11.6 Å². The van der Waals surface area contributed by atoms with Crippen molar-refractivity contribution < 1.29 is 24.5 Å². The summed E-state index contributed by atoms with van der Waals surface area (Å²) in [5, 5.41) is 21.8. The van der Waals surface area contributed by atoms with Gasteiger partial charge in [-0.2, -0.15) is 0 Å². The summed E-state index contributed by atoms with van der Waals surface area (Å²) in [6, 6.07) is 16.6. The molecule has 1 aromatic heterocycles. The van der Waals surface area contributed by atoms with Gasteiger partial charge in [0.15, 0.2) is 0 Å². The Labute approximate surface area is 219 Å². The molecule has 0 unspecified atom stereocenters. The van der Waals surface area contributed by atoms with Crippen molar-refractivity contribution in [2.45, 2.75) is 18.2 Å². The number of H-pyrrole nitrogens is 1. The maximum absolute atomic E-state index is 13.7. The van der Waals surface area contributed by atoms with Crippen LogP contribution in [0.3, 0.4) is 0 Å². The number of carboxylic acids is 1. The van der Waals surface area contributed by atoms with E-state index in [4.69, 9.17) is 21.4 Å². The van der Waals surface area contributed by atoms with Gasteiger partial charge in [-0.15, -0.1) is 11.6 Å². The van der Waals surface area contributed by atoms with E-state index in [-0.39, 0.29) is 29.5 Å². The minimum Gasteiger partial charge on any atom is -0.507 e. The lowest BCUT2D eigenvalue weighted by molar-refractivity contribution is -0.138. The van der Waals surface area contributed by atoms with Crippen LogP contribution < -0.4 is 9.64 Å². The summed E-state index contributed by atoms with van der Waals surface area (Å²) >= 11 is 6.58. The molecule has 0 spiro atoms. The normalized spacial score (nSPS) is 15.9. The highest BCUT2D eigenvalue weighted by molar-refractivity contribution is 6.22. The molecule has 1 amide bonds. The number of carbonyl (C=O) groups is 2.